The second-order valence-corrected chi connectivity index (χ2v) is 4.11. The number of methoxy groups -OCH3 is 1. The fourth-order valence-electron chi connectivity index (χ4n) is 1.86. The zero-order chi connectivity index (χ0) is 12.3. The van der Waals surface area contributed by atoms with Crippen molar-refractivity contribution in [2.24, 2.45) is 11.7 Å². The summed E-state index contributed by atoms with van der Waals surface area (Å²) < 4.78 is 5.09. The molecule has 0 heterocycles. The summed E-state index contributed by atoms with van der Waals surface area (Å²) in [4.78, 5) is 11.9. The van der Waals surface area contributed by atoms with Gasteiger partial charge in [0.1, 0.15) is 5.75 Å². The first kappa shape index (κ1) is 11.7. The standard InChI is InChI=1S/C13H16N2O2/c1-17-12-4-2-3-11(8-12)15-13(16)9-5-6-10(14)7-9/h2-6,8-10H,7,14H2,1H3,(H,15,16). The third-order valence-electron chi connectivity index (χ3n) is 2.79. The fraction of sp³-hybridized carbons (Fsp3) is 0.308. The lowest BCUT2D eigenvalue weighted by Crippen LogP contribution is -2.23. The van der Waals surface area contributed by atoms with Crippen LogP contribution in [0.5, 0.6) is 5.75 Å². The first-order valence-corrected chi connectivity index (χ1v) is 5.58. The predicted molar refractivity (Wildman–Crippen MR) is 66.8 cm³/mol. The van der Waals surface area contributed by atoms with Crippen LogP contribution in [0.25, 0.3) is 0 Å². The molecule has 90 valence electrons. The zero-order valence-electron chi connectivity index (χ0n) is 9.72. The minimum Gasteiger partial charge on any atom is -0.497 e. The maximum Gasteiger partial charge on any atom is 0.231 e. The maximum absolute atomic E-state index is 11.9. The number of nitrogens with two attached hydrogens (primary N) is 1. The van der Waals surface area contributed by atoms with Gasteiger partial charge in [0, 0.05) is 17.8 Å². The Hall–Kier alpha value is -1.81. The van der Waals surface area contributed by atoms with Crippen molar-refractivity contribution in [3.8, 4) is 5.75 Å². The predicted octanol–water partition coefficient (Wildman–Crippen LogP) is 1.54. The summed E-state index contributed by atoms with van der Waals surface area (Å²) in [7, 11) is 1.60. The fourth-order valence-corrected chi connectivity index (χ4v) is 1.86. The number of rotatable bonds is 3. The van der Waals surface area contributed by atoms with E-state index in [1.165, 1.54) is 0 Å². The highest BCUT2D eigenvalue weighted by molar-refractivity contribution is 5.94. The van der Waals surface area contributed by atoms with E-state index in [9.17, 15) is 4.79 Å². The molecule has 0 spiro atoms. The first-order valence-electron chi connectivity index (χ1n) is 5.58. The normalized spacial score (nSPS) is 22.5. The first-order chi connectivity index (χ1) is 8.19. The van der Waals surface area contributed by atoms with Crippen molar-refractivity contribution in [2.45, 2.75) is 12.5 Å². The van der Waals surface area contributed by atoms with Gasteiger partial charge in [-0.3, -0.25) is 4.79 Å². The number of nitrogens with one attached hydrogen (secondary N) is 1. The van der Waals surface area contributed by atoms with Crippen LogP contribution in [0.1, 0.15) is 6.42 Å². The van der Waals surface area contributed by atoms with Gasteiger partial charge in [-0.1, -0.05) is 18.2 Å². The van der Waals surface area contributed by atoms with Crippen molar-refractivity contribution in [1.29, 1.82) is 0 Å². The van der Waals surface area contributed by atoms with Gasteiger partial charge in [0.15, 0.2) is 0 Å². The largest absolute Gasteiger partial charge is 0.497 e. The molecule has 3 N–H and O–H groups in total. The van der Waals surface area contributed by atoms with E-state index in [0.717, 1.165) is 11.4 Å². The van der Waals surface area contributed by atoms with Gasteiger partial charge in [-0.25, -0.2) is 0 Å². The number of benzene rings is 1. The number of carbonyl (C=O) groups is 1. The minimum atomic E-state index is -0.129. The molecule has 2 atom stereocenters. The molecule has 0 aliphatic heterocycles. The molecule has 2 rings (SSSR count). The van der Waals surface area contributed by atoms with E-state index in [2.05, 4.69) is 5.32 Å². The zero-order valence-corrected chi connectivity index (χ0v) is 9.72. The van der Waals surface area contributed by atoms with Crippen molar-refractivity contribution in [1.82, 2.24) is 0 Å². The number of anilines is 1. The Labute approximate surface area is 100 Å². The van der Waals surface area contributed by atoms with E-state index in [1.54, 1.807) is 13.2 Å². The van der Waals surface area contributed by atoms with Gasteiger partial charge in [0.2, 0.25) is 5.91 Å². The van der Waals surface area contributed by atoms with Gasteiger partial charge in [-0.15, -0.1) is 0 Å². The van der Waals surface area contributed by atoms with Crippen LogP contribution in [0.3, 0.4) is 0 Å². The lowest BCUT2D eigenvalue weighted by atomic mass is 10.1. The number of hydrogen-bond donors (Lipinski definition) is 2. The molecule has 0 saturated heterocycles. The van der Waals surface area contributed by atoms with Crippen LogP contribution >= 0.6 is 0 Å². The topological polar surface area (TPSA) is 64.3 Å². The summed E-state index contributed by atoms with van der Waals surface area (Å²) in [6, 6.07) is 7.29. The third-order valence-corrected chi connectivity index (χ3v) is 2.79. The van der Waals surface area contributed by atoms with E-state index >= 15 is 0 Å². The summed E-state index contributed by atoms with van der Waals surface area (Å²) in [5.74, 6) is 0.570. The molecule has 1 amide bonds. The monoisotopic (exact) mass is 232 g/mol. The number of hydrogen-bond acceptors (Lipinski definition) is 3. The van der Waals surface area contributed by atoms with Crippen molar-refractivity contribution < 1.29 is 9.53 Å². The molecule has 2 unspecified atom stereocenters. The summed E-state index contributed by atoms with van der Waals surface area (Å²) in [6.07, 6.45) is 4.41. The summed E-state index contributed by atoms with van der Waals surface area (Å²) in [6.45, 7) is 0. The highest BCUT2D eigenvalue weighted by Gasteiger charge is 2.22. The molecular weight excluding hydrogens is 216 g/mol. The van der Waals surface area contributed by atoms with Crippen LogP contribution in [0.15, 0.2) is 36.4 Å². The van der Waals surface area contributed by atoms with Gasteiger partial charge in [0.05, 0.1) is 13.0 Å². The lowest BCUT2D eigenvalue weighted by Gasteiger charge is -2.11. The van der Waals surface area contributed by atoms with Gasteiger partial charge in [0.25, 0.3) is 0 Å². The van der Waals surface area contributed by atoms with Crippen LogP contribution in [-0.4, -0.2) is 19.1 Å². The second-order valence-electron chi connectivity index (χ2n) is 4.11. The van der Waals surface area contributed by atoms with E-state index in [1.807, 2.05) is 30.4 Å². The van der Waals surface area contributed by atoms with E-state index in [-0.39, 0.29) is 17.9 Å². The molecule has 0 saturated carbocycles. The molecule has 1 aliphatic carbocycles. The molecule has 1 aromatic rings. The Balaban J connectivity index is 2.00. The van der Waals surface area contributed by atoms with Gasteiger partial charge in [-0.05, 0) is 18.6 Å². The molecular formula is C13H16N2O2. The number of amides is 1. The van der Waals surface area contributed by atoms with E-state index in [0.29, 0.717) is 6.42 Å². The molecule has 0 fully saturated rings. The molecule has 17 heavy (non-hydrogen) atoms. The third kappa shape index (κ3) is 2.85. The van der Waals surface area contributed by atoms with Crippen LogP contribution in [0.4, 0.5) is 5.69 Å². The van der Waals surface area contributed by atoms with Crippen LogP contribution in [0.2, 0.25) is 0 Å². The molecule has 0 bridgehead atoms. The molecule has 4 nitrogen and oxygen atoms in total. The van der Waals surface area contributed by atoms with Crippen molar-refractivity contribution in [2.75, 3.05) is 12.4 Å². The highest BCUT2D eigenvalue weighted by atomic mass is 16.5. The van der Waals surface area contributed by atoms with Crippen LogP contribution in [0, 0.1) is 5.92 Å². The molecule has 1 aromatic carbocycles. The van der Waals surface area contributed by atoms with E-state index < -0.39 is 0 Å². The summed E-state index contributed by atoms with van der Waals surface area (Å²) >= 11 is 0. The summed E-state index contributed by atoms with van der Waals surface area (Å²) in [5, 5.41) is 2.85. The molecule has 0 radical (unpaired) electrons. The average molecular weight is 232 g/mol. The Morgan fingerprint density at radius 3 is 2.94 bits per heavy atom. The Bertz CT molecular complexity index is 443. The SMILES string of the molecule is COc1cccc(NC(=O)C2C=CC(N)C2)c1. The number of ether oxygens (including phenoxy) is 1. The van der Waals surface area contributed by atoms with Gasteiger partial charge in [-0.2, -0.15) is 0 Å². The minimum absolute atomic E-state index is 0.00365. The molecule has 1 aliphatic rings. The van der Waals surface area contributed by atoms with Gasteiger partial charge < -0.3 is 15.8 Å². The van der Waals surface area contributed by atoms with Crippen molar-refractivity contribution in [3.63, 3.8) is 0 Å². The Kier molecular flexibility index (Phi) is 3.44. The van der Waals surface area contributed by atoms with Crippen LogP contribution in [-0.2, 0) is 4.79 Å². The van der Waals surface area contributed by atoms with E-state index in [4.69, 9.17) is 10.5 Å². The molecule has 4 heteroatoms. The Morgan fingerprint density at radius 1 is 1.47 bits per heavy atom. The maximum atomic E-state index is 11.9. The highest BCUT2D eigenvalue weighted by Crippen LogP contribution is 2.21. The number of carbonyl (C=O) groups excluding carboxylic acids is 1. The smallest absolute Gasteiger partial charge is 0.231 e. The van der Waals surface area contributed by atoms with Crippen molar-refractivity contribution in [3.05, 3.63) is 36.4 Å². The summed E-state index contributed by atoms with van der Waals surface area (Å²) in [5.41, 5.74) is 6.45. The van der Waals surface area contributed by atoms with Crippen molar-refractivity contribution >= 4 is 11.6 Å². The average Bonchev–Trinajstić information content (AvgIpc) is 2.76. The second kappa shape index (κ2) is 5.01. The lowest BCUT2D eigenvalue weighted by molar-refractivity contribution is -0.118. The molecule has 0 aromatic heterocycles. The van der Waals surface area contributed by atoms with Crippen LogP contribution < -0.4 is 15.8 Å². The quantitative estimate of drug-likeness (QED) is 0.777. The van der Waals surface area contributed by atoms with Gasteiger partial charge >= 0.3 is 0 Å². The Morgan fingerprint density at radius 2 is 2.29 bits per heavy atom.